The van der Waals surface area contributed by atoms with Gasteiger partial charge in [-0.2, -0.15) is 17.2 Å². The molecule has 14 nitrogen and oxygen atoms in total. The predicted octanol–water partition coefficient (Wildman–Crippen LogP) is 6.11. The number of amides is 4. The molecule has 0 saturated heterocycles. The van der Waals surface area contributed by atoms with E-state index < -0.39 is 82.3 Å². The Kier molecular flexibility index (Phi) is 12.5. The third-order valence-electron chi connectivity index (χ3n) is 10.6. The predicted molar refractivity (Wildman–Crippen MR) is 240 cm³/mol. The van der Waals surface area contributed by atoms with Gasteiger partial charge in [-0.3, -0.25) is 19.2 Å². The Bertz CT molecular complexity index is 2880. The molecule has 7 aromatic rings. The minimum Gasteiger partial charge on any atom is -0.342 e. The van der Waals surface area contributed by atoms with Crippen LogP contribution in [0.1, 0.15) is 11.1 Å². The lowest BCUT2D eigenvalue weighted by molar-refractivity contribution is -0.126. The Hall–Kier alpha value is -6.97. The first-order valence-electron chi connectivity index (χ1n) is 19.7. The molecule has 5 aromatic carbocycles. The highest BCUT2D eigenvalue weighted by Crippen LogP contribution is 2.40. The minimum atomic E-state index is -4.73. The van der Waals surface area contributed by atoms with E-state index in [2.05, 4.69) is 19.4 Å². The van der Waals surface area contributed by atoms with Gasteiger partial charge in [-0.05, 0) is 107 Å². The molecule has 0 fully saturated rings. The number of anilines is 4. The lowest BCUT2D eigenvalue weighted by Crippen LogP contribution is -2.53. The summed E-state index contributed by atoms with van der Waals surface area (Å²) in [7, 11) is -1.83. The molecule has 0 saturated carbocycles. The van der Waals surface area contributed by atoms with Gasteiger partial charge in [0.1, 0.15) is 48.4 Å². The minimum absolute atomic E-state index is 0.00114. The van der Waals surface area contributed by atoms with E-state index in [1.165, 1.54) is 71.2 Å². The van der Waals surface area contributed by atoms with Crippen molar-refractivity contribution >= 4 is 99.8 Å². The van der Waals surface area contributed by atoms with Crippen LogP contribution in [-0.4, -0.2) is 80.1 Å². The SMILES string of the molecule is CN(C(=O)[C@H](Cc1cc(F)cc(F)c1)NC(=O)CN1c2ccccc2N(CC(=O)N[C@@H](Cc2cc(F)cc(F)c2)C(=O)N(C)c2ccc3sncc3c2)S1(=O)=O)c1ccc2sncc2c1. The third kappa shape index (κ3) is 9.61. The number of hydrogen-bond acceptors (Lipinski definition) is 10. The molecule has 2 aromatic heterocycles. The molecular weight excluding hydrogens is 909 g/mol. The van der Waals surface area contributed by atoms with Gasteiger partial charge in [0.2, 0.25) is 23.6 Å². The van der Waals surface area contributed by atoms with Gasteiger partial charge in [-0.25, -0.2) is 26.2 Å². The fraction of sp³-hybridized carbons (Fsp3) is 0.182. The number of carbonyl (C=O) groups is 4. The molecule has 65 heavy (non-hydrogen) atoms. The van der Waals surface area contributed by atoms with Crippen molar-refractivity contribution in [2.45, 2.75) is 24.9 Å². The second-order valence-electron chi connectivity index (χ2n) is 15.1. The van der Waals surface area contributed by atoms with Gasteiger partial charge in [-0.1, -0.05) is 12.1 Å². The van der Waals surface area contributed by atoms with Crippen molar-refractivity contribution in [3.63, 3.8) is 0 Å². The molecule has 1 aliphatic heterocycles. The van der Waals surface area contributed by atoms with E-state index in [1.54, 1.807) is 48.8 Å². The number of nitrogens with zero attached hydrogens (tertiary/aromatic N) is 6. The molecule has 1 aliphatic rings. The highest BCUT2D eigenvalue weighted by molar-refractivity contribution is 7.94. The maximum Gasteiger partial charge on any atom is 0.327 e. The summed E-state index contributed by atoms with van der Waals surface area (Å²) < 4.78 is 97.3. The van der Waals surface area contributed by atoms with E-state index >= 15 is 0 Å². The summed E-state index contributed by atoms with van der Waals surface area (Å²) in [6, 6.07) is 18.5. The van der Waals surface area contributed by atoms with Crippen molar-refractivity contribution in [3.05, 3.63) is 144 Å². The Labute approximate surface area is 377 Å². The van der Waals surface area contributed by atoms with Gasteiger partial charge in [0.05, 0.1) is 20.8 Å². The van der Waals surface area contributed by atoms with Crippen LogP contribution in [0.2, 0.25) is 0 Å². The normalized spacial score (nSPS) is 13.9. The van der Waals surface area contributed by atoms with Crippen LogP contribution in [0.3, 0.4) is 0 Å². The number of likely N-dealkylation sites (N-methyl/N-ethyl adjacent to an activating group) is 2. The van der Waals surface area contributed by atoms with E-state index in [0.717, 1.165) is 53.0 Å². The average Bonchev–Trinajstić information content (AvgIpc) is 3.98. The number of hydrogen-bond donors (Lipinski definition) is 2. The van der Waals surface area contributed by atoms with Crippen molar-refractivity contribution in [3.8, 4) is 0 Å². The molecule has 0 bridgehead atoms. The van der Waals surface area contributed by atoms with Crippen LogP contribution < -0.4 is 29.0 Å². The van der Waals surface area contributed by atoms with Crippen LogP contribution in [0.5, 0.6) is 0 Å². The van der Waals surface area contributed by atoms with E-state index in [1.807, 2.05) is 0 Å². The summed E-state index contributed by atoms with van der Waals surface area (Å²) in [5.41, 5.74) is 0.925. The van der Waals surface area contributed by atoms with Gasteiger partial charge in [0.15, 0.2) is 0 Å². The maximum atomic E-state index is 14.3. The Morgan fingerprint density at radius 2 is 0.985 bits per heavy atom. The lowest BCUT2D eigenvalue weighted by atomic mass is 10.0. The summed E-state index contributed by atoms with van der Waals surface area (Å²) in [5, 5.41) is 6.60. The first-order chi connectivity index (χ1) is 31.0. The first-order valence-corrected chi connectivity index (χ1v) is 22.6. The second kappa shape index (κ2) is 18.3. The zero-order valence-corrected chi connectivity index (χ0v) is 36.7. The van der Waals surface area contributed by atoms with Crippen LogP contribution in [0, 0.1) is 23.3 Å². The summed E-state index contributed by atoms with van der Waals surface area (Å²) in [4.78, 5) is 58.5. The number of benzene rings is 5. The first kappa shape index (κ1) is 44.6. The van der Waals surface area contributed by atoms with Crippen molar-refractivity contribution in [1.82, 2.24) is 19.4 Å². The fourth-order valence-corrected chi connectivity index (χ4v) is 10.4. The highest BCUT2D eigenvalue weighted by Gasteiger charge is 2.43. The molecule has 2 N–H and O–H groups in total. The molecule has 2 atom stereocenters. The Balaban J connectivity index is 1.02. The molecule has 21 heteroatoms. The van der Waals surface area contributed by atoms with Crippen molar-refractivity contribution in [1.29, 1.82) is 0 Å². The van der Waals surface area contributed by atoms with Gasteiger partial charge in [0, 0.05) is 73.6 Å². The van der Waals surface area contributed by atoms with Crippen LogP contribution in [-0.2, 0) is 42.2 Å². The van der Waals surface area contributed by atoms with E-state index in [0.29, 0.717) is 23.5 Å². The van der Waals surface area contributed by atoms with Crippen LogP contribution in [0.15, 0.2) is 109 Å². The van der Waals surface area contributed by atoms with E-state index in [4.69, 9.17) is 0 Å². The number of carbonyl (C=O) groups excluding carboxylic acids is 4. The molecule has 0 radical (unpaired) electrons. The molecule has 0 unspecified atom stereocenters. The Morgan fingerprint density at radius 1 is 0.600 bits per heavy atom. The van der Waals surface area contributed by atoms with Crippen LogP contribution >= 0.6 is 23.1 Å². The number of para-hydroxylation sites is 2. The molecule has 334 valence electrons. The van der Waals surface area contributed by atoms with Crippen molar-refractivity contribution < 1.29 is 45.2 Å². The molecular formula is C44H36F4N8O6S3. The summed E-state index contributed by atoms with van der Waals surface area (Å²) in [5.74, 6) is -6.96. The number of rotatable bonds is 14. The summed E-state index contributed by atoms with van der Waals surface area (Å²) in [6.07, 6.45) is 2.49. The standard InChI is InChI=1S/C44H36F4N8O6S3/c1-53(33-7-9-39-27(17-33)21-49-63-39)43(59)35(15-25-11-29(45)19-30(46)12-25)51-41(57)23-55-37-5-3-4-6-38(37)56(65(55,61)62)24-42(58)52-36(16-26-13-31(47)20-32(48)14-26)44(60)54(2)34-8-10-40-28(18-34)22-50-64-40/h3-14,17-22,35-36H,15-16,23-24H2,1-2H3,(H,51,57)(H,52,58)/t35-,36-/m0/s1. The summed E-state index contributed by atoms with van der Waals surface area (Å²) in [6.45, 7) is -1.79. The zero-order valence-electron chi connectivity index (χ0n) is 34.2. The van der Waals surface area contributed by atoms with E-state index in [9.17, 15) is 45.2 Å². The number of fused-ring (bicyclic) bond motifs is 3. The second-order valence-corrected chi connectivity index (χ2v) is 18.5. The van der Waals surface area contributed by atoms with Crippen LogP contribution in [0.4, 0.5) is 40.3 Å². The lowest BCUT2D eigenvalue weighted by Gasteiger charge is -2.27. The smallest absolute Gasteiger partial charge is 0.327 e. The highest BCUT2D eigenvalue weighted by atomic mass is 32.2. The molecule has 0 spiro atoms. The zero-order chi connectivity index (χ0) is 46.2. The Morgan fingerprint density at radius 3 is 1.37 bits per heavy atom. The topological polar surface area (TPSA) is 165 Å². The van der Waals surface area contributed by atoms with Gasteiger partial charge < -0.3 is 20.4 Å². The number of nitrogens with one attached hydrogen (secondary N) is 2. The summed E-state index contributed by atoms with van der Waals surface area (Å²) >= 11 is 2.51. The van der Waals surface area contributed by atoms with Crippen molar-refractivity contribution in [2.75, 3.05) is 45.6 Å². The third-order valence-corrected chi connectivity index (χ3v) is 14.0. The number of halogens is 4. The molecule has 0 aliphatic carbocycles. The van der Waals surface area contributed by atoms with Crippen LogP contribution in [0.25, 0.3) is 20.2 Å². The van der Waals surface area contributed by atoms with Gasteiger partial charge >= 0.3 is 10.2 Å². The maximum absolute atomic E-state index is 14.3. The van der Waals surface area contributed by atoms with E-state index in [-0.39, 0.29) is 35.3 Å². The molecule has 4 amide bonds. The largest absolute Gasteiger partial charge is 0.342 e. The molecule has 8 rings (SSSR count). The fourth-order valence-electron chi connectivity index (χ4n) is 7.52. The van der Waals surface area contributed by atoms with Gasteiger partial charge in [0.25, 0.3) is 0 Å². The average molecular weight is 945 g/mol. The number of aromatic nitrogens is 2. The quantitative estimate of drug-likeness (QED) is 0.123. The monoisotopic (exact) mass is 944 g/mol. The molecule has 3 heterocycles. The van der Waals surface area contributed by atoms with Gasteiger partial charge in [-0.15, -0.1) is 0 Å². The van der Waals surface area contributed by atoms with Crippen molar-refractivity contribution in [2.24, 2.45) is 0 Å².